The van der Waals surface area contributed by atoms with Crippen LogP contribution in [0.25, 0.3) is 11.3 Å². The minimum atomic E-state index is -0.250. The number of anilines is 2. The van der Waals surface area contributed by atoms with E-state index in [1.165, 1.54) is 0 Å². The van der Waals surface area contributed by atoms with Crippen LogP contribution in [-0.2, 0) is 19.6 Å². The summed E-state index contributed by atoms with van der Waals surface area (Å²) in [5.74, 6) is 0.341. The molecule has 0 unspecified atom stereocenters. The van der Waals surface area contributed by atoms with Gasteiger partial charge < -0.3 is 15.5 Å². The van der Waals surface area contributed by atoms with Crippen LogP contribution in [0.1, 0.15) is 16.8 Å². The molecule has 0 aliphatic carbocycles. The van der Waals surface area contributed by atoms with Gasteiger partial charge >= 0.3 is 6.03 Å². The average Bonchev–Trinajstić information content (AvgIpc) is 3.13. The number of hydrogen-bond donors (Lipinski definition) is 2. The summed E-state index contributed by atoms with van der Waals surface area (Å²) in [5, 5.41) is 2.84. The van der Waals surface area contributed by atoms with Crippen LogP contribution in [0.2, 0.25) is 0 Å². The topological polar surface area (TPSA) is 100 Å². The number of rotatable bonds is 4. The summed E-state index contributed by atoms with van der Waals surface area (Å²) in [6.45, 7) is 1.79. The summed E-state index contributed by atoms with van der Waals surface area (Å²) >= 11 is 0. The molecule has 0 spiro atoms. The number of fused-ring (bicyclic) bond motifs is 1. The van der Waals surface area contributed by atoms with E-state index in [2.05, 4.69) is 31.2 Å². The van der Waals surface area contributed by atoms with Crippen LogP contribution in [0.5, 0.6) is 0 Å². The van der Waals surface area contributed by atoms with Gasteiger partial charge in [0.2, 0.25) is 0 Å². The standard InChI is InChI=1S/C21H23N7O/c1-27(2)11-14-8-16-12-28(13-19(16)24-9-14)21(29)26-20-17(22)5-6-18(25-20)15-4-3-7-23-10-15/h3-10H,11-13,22H2,1-2H3,(H,25,26,29). The van der Waals surface area contributed by atoms with E-state index in [0.29, 0.717) is 30.3 Å². The number of nitrogens with zero attached hydrogens (tertiary/aromatic N) is 5. The Morgan fingerprint density at radius 3 is 2.86 bits per heavy atom. The molecule has 0 bridgehead atoms. The maximum Gasteiger partial charge on any atom is 0.323 e. The van der Waals surface area contributed by atoms with Crippen LogP contribution >= 0.6 is 0 Å². The van der Waals surface area contributed by atoms with Gasteiger partial charge in [-0.15, -0.1) is 0 Å². The second kappa shape index (κ2) is 7.84. The molecule has 3 aromatic rings. The first-order valence-corrected chi connectivity index (χ1v) is 9.34. The van der Waals surface area contributed by atoms with Crippen LogP contribution in [0.3, 0.4) is 0 Å². The quantitative estimate of drug-likeness (QED) is 0.712. The van der Waals surface area contributed by atoms with Crippen molar-refractivity contribution in [3.8, 4) is 11.3 Å². The Morgan fingerprint density at radius 1 is 1.24 bits per heavy atom. The maximum atomic E-state index is 12.8. The Bertz CT molecular complexity index is 1040. The highest BCUT2D eigenvalue weighted by molar-refractivity contribution is 5.92. The number of amides is 2. The Balaban J connectivity index is 1.48. The second-order valence-corrected chi connectivity index (χ2v) is 7.35. The normalized spacial score (nSPS) is 12.9. The summed E-state index contributed by atoms with van der Waals surface area (Å²) in [4.78, 5) is 29.8. The predicted octanol–water partition coefficient (Wildman–Crippen LogP) is 2.73. The smallest absolute Gasteiger partial charge is 0.323 e. The minimum absolute atomic E-state index is 0.250. The van der Waals surface area contributed by atoms with Crippen molar-refractivity contribution in [2.75, 3.05) is 25.1 Å². The summed E-state index contributed by atoms with van der Waals surface area (Å²) in [6, 6.07) is 9.16. The molecule has 3 N–H and O–H groups in total. The summed E-state index contributed by atoms with van der Waals surface area (Å²) in [7, 11) is 4.04. The van der Waals surface area contributed by atoms with Crippen LogP contribution in [0, 0.1) is 0 Å². The largest absolute Gasteiger partial charge is 0.396 e. The van der Waals surface area contributed by atoms with E-state index in [0.717, 1.165) is 28.9 Å². The van der Waals surface area contributed by atoms with Gasteiger partial charge in [-0.25, -0.2) is 9.78 Å². The van der Waals surface area contributed by atoms with Crippen molar-refractivity contribution in [2.24, 2.45) is 0 Å². The molecule has 3 aromatic heterocycles. The fourth-order valence-corrected chi connectivity index (χ4v) is 3.33. The number of nitrogen functional groups attached to an aromatic ring is 1. The monoisotopic (exact) mass is 389 g/mol. The number of urea groups is 1. The van der Waals surface area contributed by atoms with Gasteiger partial charge in [-0.1, -0.05) is 0 Å². The minimum Gasteiger partial charge on any atom is -0.396 e. The Hall–Kier alpha value is -3.52. The van der Waals surface area contributed by atoms with Crippen molar-refractivity contribution < 1.29 is 4.79 Å². The molecule has 0 fully saturated rings. The molecule has 8 heteroatoms. The number of nitrogens with two attached hydrogens (primary N) is 1. The van der Waals surface area contributed by atoms with Gasteiger partial charge in [0.25, 0.3) is 0 Å². The van der Waals surface area contributed by atoms with Crippen LogP contribution in [0.4, 0.5) is 16.3 Å². The Kier molecular flexibility index (Phi) is 5.09. The lowest BCUT2D eigenvalue weighted by atomic mass is 10.1. The third kappa shape index (κ3) is 4.17. The number of carbonyl (C=O) groups excluding carboxylic acids is 1. The van der Waals surface area contributed by atoms with Gasteiger partial charge in [0.1, 0.15) is 0 Å². The molecule has 148 valence electrons. The molecular formula is C21H23N7O. The number of aromatic nitrogens is 3. The SMILES string of the molecule is CN(C)Cc1cnc2c(c1)CN(C(=O)Nc1nc(-c3cccnc3)ccc1N)C2. The molecule has 8 nitrogen and oxygen atoms in total. The highest BCUT2D eigenvalue weighted by atomic mass is 16.2. The third-order valence-electron chi connectivity index (χ3n) is 4.71. The summed E-state index contributed by atoms with van der Waals surface area (Å²) in [5.41, 5.74) is 11.1. The van der Waals surface area contributed by atoms with Crippen molar-refractivity contribution in [1.82, 2.24) is 24.8 Å². The first-order chi connectivity index (χ1) is 14.0. The highest BCUT2D eigenvalue weighted by Gasteiger charge is 2.25. The number of pyridine rings is 3. The lowest BCUT2D eigenvalue weighted by molar-refractivity contribution is 0.212. The first kappa shape index (κ1) is 18.8. The Morgan fingerprint density at radius 2 is 2.10 bits per heavy atom. The van der Waals surface area contributed by atoms with Crippen LogP contribution in [-0.4, -0.2) is 44.9 Å². The molecule has 0 radical (unpaired) electrons. The van der Waals surface area contributed by atoms with Crippen molar-refractivity contribution >= 4 is 17.5 Å². The second-order valence-electron chi connectivity index (χ2n) is 7.35. The summed E-state index contributed by atoms with van der Waals surface area (Å²) < 4.78 is 0. The molecule has 29 heavy (non-hydrogen) atoms. The molecule has 0 saturated carbocycles. The zero-order chi connectivity index (χ0) is 20.4. The van der Waals surface area contributed by atoms with E-state index in [1.54, 1.807) is 23.4 Å². The average molecular weight is 389 g/mol. The number of nitrogens with one attached hydrogen (secondary N) is 1. The molecule has 2 amide bonds. The van der Waals surface area contributed by atoms with E-state index < -0.39 is 0 Å². The maximum absolute atomic E-state index is 12.8. The number of carbonyl (C=O) groups is 1. The molecule has 4 rings (SSSR count). The van der Waals surface area contributed by atoms with Gasteiger partial charge in [-0.3, -0.25) is 15.3 Å². The van der Waals surface area contributed by atoms with Gasteiger partial charge in [0.05, 0.1) is 23.6 Å². The molecule has 0 saturated heterocycles. The zero-order valence-electron chi connectivity index (χ0n) is 16.5. The fraction of sp³-hybridized carbons (Fsp3) is 0.238. The first-order valence-electron chi connectivity index (χ1n) is 9.34. The molecule has 1 aliphatic rings. The van der Waals surface area contributed by atoms with Crippen molar-refractivity contribution in [2.45, 2.75) is 19.6 Å². The lowest BCUT2D eigenvalue weighted by Crippen LogP contribution is -2.31. The van der Waals surface area contributed by atoms with Crippen LogP contribution in [0.15, 0.2) is 48.9 Å². The van der Waals surface area contributed by atoms with Gasteiger partial charge in [-0.2, -0.15) is 0 Å². The Labute approximate surface area is 169 Å². The molecule has 4 heterocycles. The number of hydrogen-bond acceptors (Lipinski definition) is 6. The van der Waals surface area contributed by atoms with Crippen molar-refractivity contribution in [1.29, 1.82) is 0 Å². The summed E-state index contributed by atoms with van der Waals surface area (Å²) in [6.07, 6.45) is 5.29. The lowest BCUT2D eigenvalue weighted by Gasteiger charge is -2.17. The molecule has 0 aromatic carbocycles. The zero-order valence-corrected chi connectivity index (χ0v) is 16.5. The van der Waals surface area contributed by atoms with Gasteiger partial charge in [-0.05, 0) is 55.6 Å². The van der Waals surface area contributed by atoms with E-state index in [9.17, 15) is 4.79 Å². The van der Waals surface area contributed by atoms with E-state index >= 15 is 0 Å². The van der Waals surface area contributed by atoms with Crippen molar-refractivity contribution in [3.63, 3.8) is 0 Å². The highest BCUT2D eigenvalue weighted by Crippen LogP contribution is 2.26. The molecule has 0 atom stereocenters. The molecule has 1 aliphatic heterocycles. The fourth-order valence-electron chi connectivity index (χ4n) is 3.33. The van der Waals surface area contributed by atoms with E-state index in [-0.39, 0.29) is 6.03 Å². The molecular weight excluding hydrogens is 366 g/mol. The van der Waals surface area contributed by atoms with Gasteiger partial charge in [0.15, 0.2) is 5.82 Å². The van der Waals surface area contributed by atoms with Gasteiger partial charge in [0, 0.05) is 37.2 Å². The van der Waals surface area contributed by atoms with E-state index in [4.69, 9.17) is 5.73 Å². The van der Waals surface area contributed by atoms with Crippen molar-refractivity contribution in [3.05, 3.63) is 65.7 Å². The predicted molar refractivity (Wildman–Crippen MR) is 112 cm³/mol. The van der Waals surface area contributed by atoms with Crippen LogP contribution < -0.4 is 11.1 Å². The third-order valence-corrected chi connectivity index (χ3v) is 4.71. The van der Waals surface area contributed by atoms with E-state index in [1.807, 2.05) is 38.5 Å².